The predicted octanol–water partition coefficient (Wildman–Crippen LogP) is 3.02. The van der Waals surface area contributed by atoms with E-state index < -0.39 is 0 Å². The molecule has 0 heterocycles. The Balaban J connectivity index is 1.62. The third-order valence-corrected chi connectivity index (χ3v) is 3.82. The van der Waals surface area contributed by atoms with E-state index in [0.717, 1.165) is 18.6 Å². The van der Waals surface area contributed by atoms with Crippen LogP contribution in [-0.2, 0) is 0 Å². The molecule has 4 heteroatoms. The van der Waals surface area contributed by atoms with Gasteiger partial charge >= 0.3 is 0 Å². The summed E-state index contributed by atoms with van der Waals surface area (Å²) in [5.41, 5.74) is 4.29. The van der Waals surface area contributed by atoms with E-state index in [4.69, 9.17) is 11.6 Å². The molecule has 1 saturated carbocycles. The SMILES string of the molecule is O=C(N/N=C1/C[C@H]2C=CC[C@H]12)c1ccc(Cl)cc1. The summed E-state index contributed by atoms with van der Waals surface area (Å²) in [6.45, 7) is 0. The van der Waals surface area contributed by atoms with E-state index in [0.29, 0.717) is 22.4 Å². The van der Waals surface area contributed by atoms with Crippen molar-refractivity contribution in [1.29, 1.82) is 0 Å². The molecule has 1 aromatic carbocycles. The lowest BCUT2D eigenvalue weighted by Gasteiger charge is -2.31. The van der Waals surface area contributed by atoms with Crippen LogP contribution in [0.4, 0.5) is 0 Å². The van der Waals surface area contributed by atoms with E-state index in [9.17, 15) is 4.79 Å². The van der Waals surface area contributed by atoms with Crippen molar-refractivity contribution in [2.75, 3.05) is 0 Å². The van der Waals surface area contributed by atoms with Gasteiger partial charge in [0.15, 0.2) is 0 Å². The topological polar surface area (TPSA) is 41.5 Å². The fraction of sp³-hybridized carbons (Fsp3) is 0.286. The van der Waals surface area contributed by atoms with Gasteiger partial charge in [0.05, 0.1) is 0 Å². The molecular formula is C14H13ClN2O. The maximum Gasteiger partial charge on any atom is 0.271 e. The average molecular weight is 261 g/mol. The van der Waals surface area contributed by atoms with Crippen molar-refractivity contribution < 1.29 is 4.79 Å². The second-order valence-corrected chi connectivity index (χ2v) is 5.13. The smallest absolute Gasteiger partial charge is 0.267 e. The molecule has 0 unspecified atom stereocenters. The normalized spacial score (nSPS) is 26.8. The van der Waals surface area contributed by atoms with Crippen molar-refractivity contribution in [2.24, 2.45) is 16.9 Å². The maximum atomic E-state index is 11.8. The van der Waals surface area contributed by atoms with Gasteiger partial charge in [-0.25, -0.2) is 5.43 Å². The second-order valence-electron chi connectivity index (χ2n) is 4.69. The Labute approximate surface area is 111 Å². The third-order valence-electron chi connectivity index (χ3n) is 3.57. The van der Waals surface area contributed by atoms with Crippen LogP contribution in [0.15, 0.2) is 41.5 Å². The van der Waals surface area contributed by atoms with Gasteiger partial charge in [-0.3, -0.25) is 4.79 Å². The van der Waals surface area contributed by atoms with Gasteiger partial charge in [0.2, 0.25) is 0 Å². The molecule has 1 fully saturated rings. The molecule has 1 amide bonds. The molecule has 3 nitrogen and oxygen atoms in total. The maximum absolute atomic E-state index is 11.8. The van der Waals surface area contributed by atoms with Gasteiger partial charge in [-0.15, -0.1) is 0 Å². The first kappa shape index (κ1) is 11.5. The van der Waals surface area contributed by atoms with Gasteiger partial charge in [0.1, 0.15) is 0 Å². The number of hydrazone groups is 1. The molecule has 0 bridgehead atoms. The number of amides is 1. The summed E-state index contributed by atoms with van der Waals surface area (Å²) < 4.78 is 0. The summed E-state index contributed by atoms with van der Waals surface area (Å²) in [5.74, 6) is 0.986. The van der Waals surface area contributed by atoms with Gasteiger partial charge in [0, 0.05) is 22.2 Å². The van der Waals surface area contributed by atoms with Crippen LogP contribution in [0.1, 0.15) is 23.2 Å². The Morgan fingerprint density at radius 3 is 2.83 bits per heavy atom. The molecule has 0 saturated heterocycles. The monoisotopic (exact) mass is 260 g/mol. The van der Waals surface area contributed by atoms with Crippen molar-refractivity contribution in [3.8, 4) is 0 Å². The number of rotatable bonds is 2. The van der Waals surface area contributed by atoms with Crippen LogP contribution in [0.2, 0.25) is 5.02 Å². The van der Waals surface area contributed by atoms with Crippen LogP contribution in [0.3, 0.4) is 0 Å². The van der Waals surface area contributed by atoms with E-state index in [-0.39, 0.29) is 5.91 Å². The highest BCUT2D eigenvalue weighted by molar-refractivity contribution is 6.30. The molecule has 18 heavy (non-hydrogen) atoms. The Morgan fingerprint density at radius 1 is 1.33 bits per heavy atom. The van der Waals surface area contributed by atoms with Gasteiger partial charge in [-0.05, 0) is 43.0 Å². The first-order chi connectivity index (χ1) is 8.74. The molecule has 1 N–H and O–H groups in total. The van der Waals surface area contributed by atoms with Crippen LogP contribution in [0.5, 0.6) is 0 Å². The summed E-state index contributed by atoms with van der Waals surface area (Å²) in [4.78, 5) is 11.8. The molecule has 0 aromatic heterocycles. The zero-order valence-corrected chi connectivity index (χ0v) is 10.5. The standard InChI is InChI=1S/C14H13ClN2O/c15-11-6-4-9(5-7-11)14(18)17-16-13-8-10-2-1-3-12(10)13/h1-2,4-7,10,12H,3,8H2,(H,17,18)/b16-13-/t10-,12+/m1/s1. The van der Waals surface area contributed by atoms with E-state index in [1.165, 1.54) is 0 Å². The average Bonchev–Trinajstić information content (AvgIpc) is 2.72. The lowest BCUT2D eigenvalue weighted by atomic mass is 9.74. The van der Waals surface area contributed by atoms with Crippen LogP contribution in [-0.4, -0.2) is 11.6 Å². The van der Waals surface area contributed by atoms with Gasteiger partial charge in [-0.2, -0.15) is 5.10 Å². The summed E-state index contributed by atoms with van der Waals surface area (Å²) in [5, 5.41) is 4.84. The van der Waals surface area contributed by atoms with Crippen molar-refractivity contribution in [1.82, 2.24) is 5.43 Å². The highest BCUT2D eigenvalue weighted by atomic mass is 35.5. The Kier molecular flexibility index (Phi) is 2.92. The van der Waals surface area contributed by atoms with Gasteiger partial charge < -0.3 is 0 Å². The first-order valence-corrected chi connectivity index (χ1v) is 6.41. The molecule has 1 aromatic rings. The number of fused-ring (bicyclic) bond motifs is 1. The molecule has 2 atom stereocenters. The Morgan fingerprint density at radius 2 is 2.11 bits per heavy atom. The fourth-order valence-corrected chi connectivity index (χ4v) is 2.58. The number of carbonyl (C=O) groups is 1. The van der Waals surface area contributed by atoms with Crippen molar-refractivity contribution in [2.45, 2.75) is 12.8 Å². The van der Waals surface area contributed by atoms with Crippen LogP contribution in [0.25, 0.3) is 0 Å². The first-order valence-electron chi connectivity index (χ1n) is 6.03. The van der Waals surface area contributed by atoms with Crippen LogP contribution in [0, 0.1) is 11.8 Å². The molecule has 0 radical (unpaired) electrons. The van der Waals surface area contributed by atoms with E-state index >= 15 is 0 Å². The number of hydrogen-bond donors (Lipinski definition) is 1. The number of nitrogens with zero attached hydrogens (tertiary/aromatic N) is 1. The molecule has 92 valence electrons. The highest BCUT2D eigenvalue weighted by Gasteiger charge is 2.37. The minimum Gasteiger partial charge on any atom is -0.267 e. The molecular weight excluding hydrogens is 248 g/mol. The van der Waals surface area contributed by atoms with Gasteiger partial charge in [0.25, 0.3) is 5.91 Å². The largest absolute Gasteiger partial charge is 0.271 e. The van der Waals surface area contributed by atoms with Crippen molar-refractivity contribution in [3.05, 3.63) is 47.0 Å². The van der Waals surface area contributed by atoms with Crippen molar-refractivity contribution in [3.63, 3.8) is 0 Å². The van der Waals surface area contributed by atoms with E-state index in [1.54, 1.807) is 24.3 Å². The van der Waals surface area contributed by atoms with Gasteiger partial charge in [-0.1, -0.05) is 23.8 Å². The number of allylic oxidation sites excluding steroid dienone is 2. The molecule has 0 aliphatic heterocycles. The quantitative estimate of drug-likeness (QED) is 0.645. The predicted molar refractivity (Wildman–Crippen MR) is 71.7 cm³/mol. The number of benzene rings is 1. The van der Waals surface area contributed by atoms with Crippen molar-refractivity contribution >= 4 is 23.2 Å². The third kappa shape index (κ3) is 2.06. The Hall–Kier alpha value is -1.61. The number of carbonyl (C=O) groups excluding carboxylic acids is 1. The lowest BCUT2D eigenvalue weighted by molar-refractivity contribution is 0.0954. The van der Waals surface area contributed by atoms with E-state index in [2.05, 4.69) is 22.7 Å². The minimum atomic E-state index is -0.187. The zero-order valence-electron chi connectivity index (χ0n) is 9.77. The number of halogens is 1. The second kappa shape index (κ2) is 4.58. The van der Waals surface area contributed by atoms with E-state index in [1.807, 2.05) is 0 Å². The highest BCUT2D eigenvalue weighted by Crippen LogP contribution is 2.40. The molecule has 0 spiro atoms. The molecule has 3 rings (SSSR count). The minimum absolute atomic E-state index is 0.187. The summed E-state index contributed by atoms with van der Waals surface area (Å²) in [6.07, 6.45) is 6.46. The zero-order chi connectivity index (χ0) is 12.5. The number of nitrogens with one attached hydrogen (secondary N) is 1. The summed E-state index contributed by atoms with van der Waals surface area (Å²) >= 11 is 5.77. The summed E-state index contributed by atoms with van der Waals surface area (Å²) in [6, 6.07) is 6.78. The molecule has 2 aliphatic carbocycles. The molecule has 2 aliphatic rings. The summed E-state index contributed by atoms with van der Waals surface area (Å²) in [7, 11) is 0. The fourth-order valence-electron chi connectivity index (χ4n) is 2.45. The Bertz CT molecular complexity index is 533. The van der Waals surface area contributed by atoms with Crippen LogP contribution >= 0.6 is 11.6 Å². The lowest BCUT2D eigenvalue weighted by Crippen LogP contribution is -2.35. The van der Waals surface area contributed by atoms with Crippen LogP contribution < -0.4 is 5.43 Å². The number of hydrogen-bond acceptors (Lipinski definition) is 2.